The minimum atomic E-state index is -0.398. The summed E-state index contributed by atoms with van der Waals surface area (Å²) in [4.78, 5) is 10.5. The van der Waals surface area contributed by atoms with E-state index in [1.807, 2.05) is 63.2 Å². The van der Waals surface area contributed by atoms with Crippen molar-refractivity contribution in [2.45, 2.75) is 46.1 Å². The highest BCUT2D eigenvalue weighted by Gasteiger charge is 2.12. The number of rotatable bonds is 7. The largest absolute Gasteiger partial charge is 0.508 e. The molecule has 0 aliphatic rings. The van der Waals surface area contributed by atoms with Gasteiger partial charge in [-0.3, -0.25) is 0 Å². The Balaban J connectivity index is 0.000000448. The average molecular weight is 425 g/mol. The van der Waals surface area contributed by atoms with Gasteiger partial charge in [0.1, 0.15) is 17.1 Å². The normalized spacial score (nSPS) is 9.68. The molecule has 0 aliphatic heterocycles. The number of hydrogen-bond donors (Lipinski definition) is 1. The third kappa shape index (κ3) is 15.3. The molecule has 0 saturated carbocycles. The van der Waals surface area contributed by atoms with Gasteiger partial charge in [-0.2, -0.15) is 0 Å². The van der Waals surface area contributed by atoms with E-state index in [1.54, 1.807) is 18.2 Å². The first-order valence-corrected chi connectivity index (χ1v) is 10.3. The summed E-state index contributed by atoms with van der Waals surface area (Å²) in [6.07, 6.45) is 7.01. The van der Waals surface area contributed by atoms with Crippen LogP contribution in [0.2, 0.25) is 0 Å². The van der Waals surface area contributed by atoms with Crippen molar-refractivity contribution in [3.05, 3.63) is 85.5 Å². The van der Waals surface area contributed by atoms with Crippen molar-refractivity contribution >= 4 is 18.1 Å². The number of carbonyl (C=O) groups excluding carboxylic acids is 1. The third-order valence-electron chi connectivity index (χ3n) is 3.58. The quantitative estimate of drug-likeness (QED) is 0.294. The molecule has 2 aromatic rings. The number of carbonyl (C=O) groups is 1. The second-order valence-electron chi connectivity index (χ2n) is 7.51. The van der Waals surface area contributed by atoms with Crippen molar-refractivity contribution < 1.29 is 19.4 Å². The molecule has 4 heteroatoms. The van der Waals surface area contributed by atoms with Crippen LogP contribution in [0.4, 0.5) is 0 Å². The monoisotopic (exact) mass is 424 g/mol. The molecule has 0 atom stereocenters. The molecule has 2 rings (SSSR count). The van der Waals surface area contributed by atoms with Crippen LogP contribution < -0.4 is 4.74 Å². The van der Waals surface area contributed by atoms with Crippen LogP contribution in [0.1, 0.15) is 51.7 Å². The summed E-state index contributed by atoms with van der Waals surface area (Å²) in [6.45, 7) is 19.0. The average Bonchev–Trinajstić information content (AvgIpc) is 2.75. The van der Waals surface area contributed by atoms with Gasteiger partial charge in [0.15, 0.2) is 0 Å². The van der Waals surface area contributed by atoms with Crippen LogP contribution in [0.3, 0.4) is 0 Å². The van der Waals surface area contributed by atoms with E-state index < -0.39 is 5.60 Å². The van der Waals surface area contributed by atoms with Crippen molar-refractivity contribution in [2.24, 2.45) is 0 Å². The molecule has 0 aliphatic carbocycles. The van der Waals surface area contributed by atoms with Gasteiger partial charge in [0.25, 0.3) is 0 Å². The number of benzene rings is 2. The standard InChI is InChI=1S/C12H16O.C8H8O.C7H12O2/c1-3-5-10-13-12-8-6-11(4-2)7-9-12;1-2-7-3-5-8(9)6-4-7;1-5-6(8)9-7(2,3)4/h4,6-9H,2-3,5,10H2,1H3;2-6,9H,1H2;5H,1H2,2-4H3. The fourth-order valence-electron chi connectivity index (χ4n) is 1.99. The van der Waals surface area contributed by atoms with Crippen LogP contribution in [0, 0.1) is 0 Å². The van der Waals surface area contributed by atoms with Gasteiger partial charge in [-0.1, -0.05) is 69.5 Å². The number of aromatic hydroxyl groups is 1. The number of unbranched alkanes of at least 4 members (excludes halogenated alkanes) is 1. The second-order valence-corrected chi connectivity index (χ2v) is 7.51. The Bertz CT molecular complexity index is 781. The van der Waals surface area contributed by atoms with Crippen LogP contribution >= 0.6 is 0 Å². The van der Waals surface area contributed by atoms with E-state index in [0.29, 0.717) is 5.75 Å². The van der Waals surface area contributed by atoms with Crippen molar-refractivity contribution in [1.29, 1.82) is 0 Å². The van der Waals surface area contributed by atoms with Gasteiger partial charge in [-0.05, 0) is 62.6 Å². The van der Waals surface area contributed by atoms with E-state index in [-0.39, 0.29) is 5.97 Å². The van der Waals surface area contributed by atoms with Gasteiger partial charge < -0.3 is 14.6 Å². The molecular weight excluding hydrogens is 388 g/mol. The molecule has 0 fully saturated rings. The first-order chi connectivity index (χ1) is 14.6. The molecule has 2 aromatic carbocycles. The zero-order chi connectivity index (χ0) is 23.7. The van der Waals surface area contributed by atoms with Crippen LogP contribution in [-0.4, -0.2) is 23.3 Å². The van der Waals surface area contributed by atoms with Crippen molar-refractivity contribution in [2.75, 3.05) is 6.61 Å². The summed E-state index contributed by atoms with van der Waals surface area (Å²) >= 11 is 0. The highest BCUT2D eigenvalue weighted by Crippen LogP contribution is 2.13. The van der Waals surface area contributed by atoms with E-state index in [2.05, 4.69) is 26.7 Å². The Labute approximate surface area is 187 Å². The molecule has 0 bridgehead atoms. The predicted octanol–water partition coefficient (Wildman–Crippen LogP) is 7.06. The van der Waals surface area contributed by atoms with Crippen LogP contribution in [0.25, 0.3) is 12.2 Å². The molecule has 0 unspecified atom stereocenters. The first kappa shape index (κ1) is 27.7. The first-order valence-electron chi connectivity index (χ1n) is 10.3. The Morgan fingerprint density at radius 2 is 1.42 bits per heavy atom. The Hall–Kier alpha value is -3.27. The van der Waals surface area contributed by atoms with Crippen LogP contribution in [0.15, 0.2) is 74.3 Å². The number of esters is 1. The molecule has 4 nitrogen and oxygen atoms in total. The van der Waals surface area contributed by atoms with E-state index >= 15 is 0 Å². The molecule has 0 aromatic heterocycles. The lowest BCUT2D eigenvalue weighted by Gasteiger charge is -2.17. The Kier molecular flexibility index (Phi) is 13.9. The summed E-state index contributed by atoms with van der Waals surface area (Å²) in [7, 11) is 0. The van der Waals surface area contributed by atoms with Gasteiger partial charge in [0.2, 0.25) is 0 Å². The summed E-state index contributed by atoms with van der Waals surface area (Å²) in [5, 5.41) is 8.82. The Morgan fingerprint density at radius 3 is 1.77 bits per heavy atom. The summed E-state index contributed by atoms with van der Waals surface area (Å²) in [6, 6.07) is 14.9. The number of ether oxygens (including phenoxy) is 2. The van der Waals surface area contributed by atoms with Gasteiger partial charge in [0, 0.05) is 6.08 Å². The minimum absolute atomic E-state index is 0.292. The lowest BCUT2D eigenvalue weighted by atomic mass is 10.2. The fraction of sp³-hybridized carbons (Fsp3) is 0.296. The second kappa shape index (κ2) is 15.6. The molecule has 0 amide bonds. The highest BCUT2D eigenvalue weighted by atomic mass is 16.6. The lowest BCUT2D eigenvalue weighted by Crippen LogP contribution is -2.22. The summed E-state index contributed by atoms with van der Waals surface area (Å²) < 4.78 is 10.3. The molecule has 0 radical (unpaired) electrons. The molecule has 0 spiro atoms. The molecule has 31 heavy (non-hydrogen) atoms. The fourth-order valence-corrected chi connectivity index (χ4v) is 1.99. The van der Waals surface area contributed by atoms with E-state index in [4.69, 9.17) is 14.6 Å². The van der Waals surface area contributed by atoms with Crippen LogP contribution in [-0.2, 0) is 9.53 Å². The molecule has 0 saturated heterocycles. The number of phenolic OH excluding ortho intramolecular Hbond substituents is 1. The predicted molar refractivity (Wildman–Crippen MR) is 131 cm³/mol. The highest BCUT2D eigenvalue weighted by molar-refractivity contribution is 5.81. The topological polar surface area (TPSA) is 55.8 Å². The van der Waals surface area contributed by atoms with Crippen molar-refractivity contribution in [3.8, 4) is 11.5 Å². The maximum absolute atomic E-state index is 10.5. The summed E-state index contributed by atoms with van der Waals surface area (Å²) in [5.41, 5.74) is 1.75. The van der Waals surface area contributed by atoms with Gasteiger partial charge in [0.05, 0.1) is 6.61 Å². The van der Waals surface area contributed by atoms with Gasteiger partial charge in [-0.15, -0.1) is 0 Å². The van der Waals surface area contributed by atoms with Crippen molar-refractivity contribution in [3.63, 3.8) is 0 Å². The minimum Gasteiger partial charge on any atom is -0.508 e. The molecule has 168 valence electrons. The number of phenols is 1. The molecule has 0 heterocycles. The van der Waals surface area contributed by atoms with Crippen molar-refractivity contribution in [1.82, 2.24) is 0 Å². The van der Waals surface area contributed by atoms with E-state index in [1.165, 1.54) is 6.42 Å². The van der Waals surface area contributed by atoms with E-state index in [9.17, 15) is 4.79 Å². The SMILES string of the molecule is C=CC(=O)OC(C)(C)C.C=Cc1ccc(O)cc1.C=Cc1ccc(OCCCC)cc1. The smallest absolute Gasteiger partial charge is 0.330 e. The number of hydrogen-bond acceptors (Lipinski definition) is 4. The van der Waals surface area contributed by atoms with E-state index in [0.717, 1.165) is 36.0 Å². The zero-order valence-corrected chi connectivity index (χ0v) is 19.3. The summed E-state index contributed by atoms with van der Waals surface area (Å²) in [5.74, 6) is 0.863. The maximum atomic E-state index is 10.5. The van der Waals surface area contributed by atoms with Crippen LogP contribution in [0.5, 0.6) is 11.5 Å². The molecular formula is C27H36O4. The zero-order valence-electron chi connectivity index (χ0n) is 19.3. The maximum Gasteiger partial charge on any atom is 0.330 e. The van der Waals surface area contributed by atoms with Gasteiger partial charge in [-0.25, -0.2) is 4.79 Å². The third-order valence-corrected chi connectivity index (χ3v) is 3.58. The Morgan fingerprint density at radius 1 is 0.935 bits per heavy atom. The molecule has 1 N–H and O–H groups in total. The lowest BCUT2D eigenvalue weighted by molar-refractivity contribution is -0.148. The van der Waals surface area contributed by atoms with Gasteiger partial charge >= 0.3 is 5.97 Å².